The maximum Gasteiger partial charge on any atom is 0.128 e. The summed E-state index contributed by atoms with van der Waals surface area (Å²) in [6, 6.07) is 11.6. The van der Waals surface area contributed by atoms with E-state index in [0.717, 1.165) is 44.1 Å². The second kappa shape index (κ2) is 8.19. The lowest BCUT2D eigenvalue weighted by Gasteiger charge is -2.34. The SMILES string of the molecule is CCN1CCN(c2ccc(CNc3c(Cl)cccc3C#N)cn2)CC1. The number of nitrogens with zero attached hydrogens (tertiary/aromatic N) is 4. The number of piperazine rings is 1. The van der Waals surface area contributed by atoms with Crippen LogP contribution in [0, 0.1) is 11.3 Å². The van der Waals surface area contributed by atoms with E-state index in [4.69, 9.17) is 11.6 Å². The normalized spacial score (nSPS) is 15.0. The summed E-state index contributed by atoms with van der Waals surface area (Å²) in [7, 11) is 0. The molecule has 0 spiro atoms. The average Bonchev–Trinajstić information content (AvgIpc) is 2.67. The minimum atomic E-state index is 0.547. The van der Waals surface area contributed by atoms with E-state index in [0.29, 0.717) is 22.8 Å². The van der Waals surface area contributed by atoms with Gasteiger partial charge in [-0.2, -0.15) is 5.26 Å². The van der Waals surface area contributed by atoms with Crippen molar-refractivity contribution in [3.8, 4) is 6.07 Å². The van der Waals surface area contributed by atoms with E-state index in [1.807, 2.05) is 6.20 Å². The number of hydrogen-bond acceptors (Lipinski definition) is 5. The number of anilines is 2. The third-order valence-corrected chi connectivity index (χ3v) is 4.87. The van der Waals surface area contributed by atoms with Crippen molar-refractivity contribution >= 4 is 23.1 Å². The number of pyridine rings is 1. The van der Waals surface area contributed by atoms with Crippen LogP contribution in [0.5, 0.6) is 0 Å². The predicted molar refractivity (Wildman–Crippen MR) is 102 cm³/mol. The Bertz CT molecular complexity index is 745. The molecule has 130 valence electrons. The van der Waals surface area contributed by atoms with Crippen LogP contribution in [0.2, 0.25) is 5.02 Å². The van der Waals surface area contributed by atoms with E-state index in [1.165, 1.54) is 0 Å². The van der Waals surface area contributed by atoms with Gasteiger partial charge in [-0.15, -0.1) is 0 Å². The van der Waals surface area contributed by atoms with Gasteiger partial charge in [0, 0.05) is 38.9 Å². The Morgan fingerprint density at radius 1 is 1.20 bits per heavy atom. The monoisotopic (exact) mass is 355 g/mol. The molecule has 0 unspecified atom stereocenters. The number of aromatic nitrogens is 1. The Balaban J connectivity index is 1.61. The molecule has 6 heteroatoms. The van der Waals surface area contributed by atoms with Crippen molar-refractivity contribution in [1.82, 2.24) is 9.88 Å². The second-order valence-corrected chi connectivity index (χ2v) is 6.48. The lowest BCUT2D eigenvalue weighted by atomic mass is 10.2. The van der Waals surface area contributed by atoms with Crippen molar-refractivity contribution < 1.29 is 0 Å². The topological polar surface area (TPSA) is 55.2 Å². The number of para-hydroxylation sites is 1. The summed E-state index contributed by atoms with van der Waals surface area (Å²) >= 11 is 6.19. The molecule has 0 bridgehead atoms. The molecular weight excluding hydrogens is 334 g/mol. The molecule has 1 aliphatic heterocycles. The zero-order valence-electron chi connectivity index (χ0n) is 14.4. The van der Waals surface area contributed by atoms with Crippen LogP contribution in [0.15, 0.2) is 36.5 Å². The highest BCUT2D eigenvalue weighted by Crippen LogP contribution is 2.26. The highest BCUT2D eigenvalue weighted by atomic mass is 35.5. The quantitative estimate of drug-likeness (QED) is 0.891. The van der Waals surface area contributed by atoms with Gasteiger partial charge in [-0.25, -0.2) is 4.98 Å². The molecule has 0 aliphatic carbocycles. The molecule has 0 saturated carbocycles. The van der Waals surface area contributed by atoms with Crippen LogP contribution in [-0.2, 0) is 6.54 Å². The van der Waals surface area contributed by atoms with E-state index < -0.39 is 0 Å². The molecule has 2 aromatic rings. The number of nitrogens with one attached hydrogen (secondary N) is 1. The number of halogens is 1. The summed E-state index contributed by atoms with van der Waals surface area (Å²) in [6.45, 7) is 8.10. The summed E-state index contributed by atoms with van der Waals surface area (Å²) in [5, 5.41) is 13.0. The number of benzene rings is 1. The van der Waals surface area contributed by atoms with Gasteiger partial charge in [-0.05, 0) is 30.3 Å². The second-order valence-electron chi connectivity index (χ2n) is 6.07. The molecule has 0 radical (unpaired) electrons. The van der Waals surface area contributed by atoms with Crippen LogP contribution in [0.25, 0.3) is 0 Å². The molecule has 1 fully saturated rings. The summed E-state index contributed by atoms with van der Waals surface area (Å²) in [6.07, 6.45) is 1.89. The zero-order valence-corrected chi connectivity index (χ0v) is 15.1. The van der Waals surface area contributed by atoms with Gasteiger partial charge in [-0.1, -0.05) is 30.7 Å². The Hall–Kier alpha value is -2.29. The van der Waals surface area contributed by atoms with Gasteiger partial charge in [0.25, 0.3) is 0 Å². The molecule has 1 aliphatic rings. The van der Waals surface area contributed by atoms with Crippen LogP contribution in [0.1, 0.15) is 18.1 Å². The Kier molecular flexibility index (Phi) is 5.75. The van der Waals surface area contributed by atoms with Gasteiger partial charge in [0.1, 0.15) is 11.9 Å². The average molecular weight is 356 g/mol. The Morgan fingerprint density at radius 2 is 2.00 bits per heavy atom. The molecule has 1 aromatic heterocycles. The molecule has 0 atom stereocenters. The first-order valence-corrected chi connectivity index (χ1v) is 8.93. The standard InChI is InChI=1S/C19H22ClN5/c1-2-24-8-10-25(11-9-24)18-7-6-15(13-22-18)14-23-19-16(12-21)4-3-5-17(19)20/h3-7,13,23H,2,8-11,14H2,1H3. The summed E-state index contributed by atoms with van der Waals surface area (Å²) in [4.78, 5) is 9.37. The van der Waals surface area contributed by atoms with E-state index in [9.17, 15) is 5.26 Å². The van der Waals surface area contributed by atoms with Crippen molar-refractivity contribution in [3.05, 3.63) is 52.7 Å². The van der Waals surface area contributed by atoms with Crippen molar-refractivity contribution in [2.24, 2.45) is 0 Å². The fourth-order valence-electron chi connectivity index (χ4n) is 2.99. The van der Waals surface area contributed by atoms with Crippen molar-refractivity contribution in [2.75, 3.05) is 42.9 Å². The van der Waals surface area contributed by atoms with Crippen LogP contribution in [0.3, 0.4) is 0 Å². The molecule has 2 heterocycles. The first-order valence-electron chi connectivity index (χ1n) is 8.56. The number of nitriles is 1. The van der Waals surface area contributed by atoms with Gasteiger partial charge >= 0.3 is 0 Å². The van der Waals surface area contributed by atoms with Crippen LogP contribution >= 0.6 is 11.6 Å². The molecule has 1 N–H and O–H groups in total. The highest BCUT2D eigenvalue weighted by molar-refractivity contribution is 6.33. The maximum absolute atomic E-state index is 9.19. The number of likely N-dealkylation sites (N-methyl/N-ethyl adjacent to an activating group) is 1. The minimum Gasteiger partial charge on any atom is -0.379 e. The van der Waals surface area contributed by atoms with Gasteiger partial charge < -0.3 is 15.1 Å². The molecule has 1 saturated heterocycles. The third kappa shape index (κ3) is 4.22. The third-order valence-electron chi connectivity index (χ3n) is 4.56. The molecular formula is C19H22ClN5. The summed E-state index contributed by atoms with van der Waals surface area (Å²) in [5.41, 5.74) is 2.28. The summed E-state index contributed by atoms with van der Waals surface area (Å²) in [5.74, 6) is 1.02. The molecule has 5 nitrogen and oxygen atoms in total. The zero-order chi connectivity index (χ0) is 17.6. The smallest absolute Gasteiger partial charge is 0.128 e. The predicted octanol–water partition coefficient (Wildman–Crippen LogP) is 3.36. The molecule has 1 aromatic carbocycles. The van der Waals surface area contributed by atoms with Crippen LogP contribution < -0.4 is 10.2 Å². The Morgan fingerprint density at radius 3 is 2.64 bits per heavy atom. The van der Waals surface area contributed by atoms with Gasteiger partial charge in [0.2, 0.25) is 0 Å². The van der Waals surface area contributed by atoms with Gasteiger partial charge in [0.05, 0.1) is 16.3 Å². The van der Waals surface area contributed by atoms with Gasteiger partial charge in [-0.3, -0.25) is 0 Å². The van der Waals surface area contributed by atoms with E-state index in [1.54, 1.807) is 18.2 Å². The fraction of sp³-hybridized carbons (Fsp3) is 0.368. The van der Waals surface area contributed by atoms with E-state index >= 15 is 0 Å². The van der Waals surface area contributed by atoms with Gasteiger partial charge in [0.15, 0.2) is 0 Å². The van der Waals surface area contributed by atoms with Crippen molar-refractivity contribution in [1.29, 1.82) is 5.26 Å². The van der Waals surface area contributed by atoms with Crippen LogP contribution in [0.4, 0.5) is 11.5 Å². The minimum absolute atomic E-state index is 0.547. The highest BCUT2D eigenvalue weighted by Gasteiger charge is 2.16. The number of rotatable bonds is 5. The molecule has 0 amide bonds. The summed E-state index contributed by atoms with van der Waals surface area (Å²) < 4.78 is 0. The fourth-order valence-corrected chi connectivity index (χ4v) is 3.23. The first kappa shape index (κ1) is 17.5. The lowest BCUT2D eigenvalue weighted by molar-refractivity contribution is 0.270. The maximum atomic E-state index is 9.19. The van der Waals surface area contributed by atoms with Crippen LogP contribution in [-0.4, -0.2) is 42.6 Å². The van der Waals surface area contributed by atoms with Crippen molar-refractivity contribution in [2.45, 2.75) is 13.5 Å². The largest absolute Gasteiger partial charge is 0.379 e. The van der Waals surface area contributed by atoms with E-state index in [2.05, 4.69) is 45.2 Å². The number of hydrogen-bond donors (Lipinski definition) is 1. The molecule has 25 heavy (non-hydrogen) atoms. The Labute approximate surface area is 153 Å². The van der Waals surface area contributed by atoms with Crippen molar-refractivity contribution in [3.63, 3.8) is 0 Å². The van der Waals surface area contributed by atoms with E-state index in [-0.39, 0.29) is 0 Å². The molecule has 3 rings (SSSR count). The lowest BCUT2D eigenvalue weighted by Crippen LogP contribution is -2.46. The first-order chi connectivity index (χ1) is 12.2.